The fraction of sp³-hybridized carbons (Fsp3) is 0.571. The molecule has 0 spiro atoms. The molecule has 0 radical (unpaired) electrons. The molecule has 0 aliphatic heterocycles. The van der Waals surface area contributed by atoms with Crippen LogP contribution in [0.25, 0.3) is 0 Å². The second kappa shape index (κ2) is 5.06. The monoisotopic (exact) mass is 251 g/mol. The van der Waals surface area contributed by atoms with Crippen molar-refractivity contribution in [3.63, 3.8) is 0 Å². The van der Waals surface area contributed by atoms with Gasteiger partial charge in [0.1, 0.15) is 17.2 Å². The van der Waals surface area contributed by atoms with Crippen molar-refractivity contribution >= 4 is 0 Å². The normalized spacial score (nSPS) is 16.2. The van der Waals surface area contributed by atoms with Crippen LogP contribution in [0.2, 0.25) is 0 Å². The van der Waals surface area contributed by atoms with Gasteiger partial charge in [0.25, 0.3) is 0 Å². The molecule has 100 valence electrons. The van der Waals surface area contributed by atoms with Crippen molar-refractivity contribution in [3.05, 3.63) is 17.7 Å². The van der Waals surface area contributed by atoms with Gasteiger partial charge in [0.05, 0.1) is 21.3 Å². The van der Waals surface area contributed by atoms with Crippen LogP contribution in [-0.2, 0) is 5.41 Å². The average molecular weight is 251 g/mol. The van der Waals surface area contributed by atoms with E-state index < -0.39 is 0 Å². The first-order valence-corrected chi connectivity index (χ1v) is 6.16. The summed E-state index contributed by atoms with van der Waals surface area (Å²) in [6.45, 7) is 0.937. The van der Waals surface area contributed by atoms with Gasteiger partial charge in [-0.15, -0.1) is 0 Å². The van der Waals surface area contributed by atoms with Crippen LogP contribution in [0, 0.1) is 0 Å². The Hall–Kier alpha value is -1.42. The van der Waals surface area contributed by atoms with Crippen LogP contribution in [0.3, 0.4) is 0 Å². The first-order chi connectivity index (χ1) is 8.70. The molecule has 0 aromatic heterocycles. The van der Waals surface area contributed by atoms with E-state index in [2.05, 4.69) is 5.32 Å². The fourth-order valence-electron chi connectivity index (χ4n) is 2.53. The number of rotatable bonds is 6. The molecule has 0 atom stereocenters. The molecule has 4 nitrogen and oxygen atoms in total. The summed E-state index contributed by atoms with van der Waals surface area (Å²) < 4.78 is 16.3. The highest BCUT2D eigenvalue weighted by Crippen LogP contribution is 2.55. The summed E-state index contributed by atoms with van der Waals surface area (Å²) in [5.74, 6) is 2.45. The molecule has 1 aromatic carbocycles. The van der Waals surface area contributed by atoms with Gasteiger partial charge < -0.3 is 19.5 Å². The first kappa shape index (κ1) is 13.0. The van der Waals surface area contributed by atoms with Crippen LogP contribution >= 0.6 is 0 Å². The Morgan fingerprint density at radius 1 is 1.06 bits per heavy atom. The van der Waals surface area contributed by atoms with Crippen molar-refractivity contribution < 1.29 is 14.2 Å². The number of hydrogen-bond acceptors (Lipinski definition) is 4. The quantitative estimate of drug-likeness (QED) is 0.839. The molecule has 0 unspecified atom stereocenters. The maximum absolute atomic E-state index is 5.52. The van der Waals surface area contributed by atoms with Crippen molar-refractivity contribution in [1.82, 2.24) is 5.32 Å². The minimum atomic E-state index is 0.151. The molecule has 0 amide bonds. The molecule has 1 saturated carbocycles. The van der Waals surface area contributed by atoms with E-state index in [9.17, 15) is 0 Å². The predicted octanol–water partition coefficient (Wildman–Crippen LogP) is 1.96. The van der Waals surface area contributed by atoms with Gasteiger partial charge >= 0.3 is 0 Å². The number of hydrogen-bond donors (Lipinski definition) is 1. The van der Waals surface area contributed by atoms with E-state index >= 15 is 0 Å². The van der Waals surface area contributed by atoms with Crippen molar-refractivity contribution in [2.45, 2.75) is 18.3 Å². The standard InChI is InChI=1S/C14H21NO3/c1-15-9-14(5-6-14)13-11(17-3)7-10(16-2)8-12(13)18-4/h7-8,15H,5-6,9H2,1-4H3. The SMILES string of the molecule is CNCC1(c2c(OC)cc(OC)cc2OC)CC1. The summed E-state index contributed by atoms with van der Waals surface area (Å²) >= 11 is 0. The summed E-state index contributed by atoms with van der Waals surface area (Å²) in [5, 5.41) is 3.26. The third-order valence-electron chi connectivity index (χ3n) is 3.61. The molecule has 1 aromatic rings. The smallest absolute Gasteiger partial charge is 0.130 e. The summed E-state index contributed by atoms with van der Waals surface area (Å²) in [4.78, 5) is 0. The third kappa shape index (κ3) is 2.12. The zero-order chi connectivity index (χ0) is 13.2. The number of methoxy groups -OCH3 is 3. The molecule has 1 aliphatic carbocycles. The number of likely N-dealkylation sites (N-methyl/N-ethyl adjacent to an activating group) is 1. The van der Waals surface area contributed by atoms with E-state index in [4.69, 9.17) is 14.2 Å². The number of nitrogens with one attached hydrogen (secondary N) is 1. The van der Waals surface area contributed by atoms with Crippen LogP contribution in [0.15, 0.2) is 12.1 Å². The summed E-state index contributed by atoms with van der Waals surface area (Å²) in [7, 11) is 7.00. The van der Waals surface area contributed by atoms with Crippen molar-refractivity contribution in [2.75, 3.05) is 34.9 Å². The molecule has 1 aliphatic rings. The molecule has 18 heavy (non-hydrogen) atoms. The molecular formula is C14H21NO3. The molecule has 1 N–H and O–H groups in total. The Morgan fingerprint density at radius 2 is 1.61 bits per heavy atom. The maximum atomic E-state index is 5.52. The highest BCUT2D eigenvalue weighted by molar-refractivity contribution is 5.56. The Kier molecular flexibility index (Phi) is 3.66. The molecule has 4 heteroatoms. The average Bonchev–Trinajstić information content (AvgIpc) is 3.18. The van der Waals surface area contributed by atoms with Gasteiger partial charge in [-0.05, 0) is 19.9 Å². The summed E-state index contributed by atoms with van der Waals surface area (Å²) in [5.41, 5.74) is 1.31. The van der Waals surface area contributed by atoms with Gasteiger partial charge in [-0.1, -0.05) is 0 Å². The second-order valence-corrected chi connectivity index (χ2v) is 4.72. The van der Waals surface area contributed by atoms with Crippen LogP contribution in [-0.4, -0.2) is 34.9 Å². The molecule has 0 heterocycles. The fourth-order valence-corrected chi connectivity index (χ4v) is 2.53. The lowest BCUT2D eigenvalue weighted by Gasteiger charge is -2.22. The highest BCUT2D eigenvalue weighted by atomic mass is 16.5. The molecule has 0 bridgehead atoms. The molecular weight excluding hydrogens is 230 g/mol. The maximum Gasteiger partial charge on any atom is 0.130 e. The van der Waals surface area contributed by atoms with Crippen molar-refractivity contribution in [1.29, 1.82) is 0 Å². The first-order valence-electron chi connectivity index (χ1n) is 6.16. The minimum absolute atomic E-state index is 0.151. The van der Waals surface area contributed by atoms with Crippen LogP contribution in [0.1, 0.15) is 18.4 Å². The zero-order valence-corrected chi connectivity index (χ0v) is 11.5. The topological polar surface area (TPSA) is 39.7 Å². The zero-order valence-electron chi connectivity index (χ0n) is 11.5. The minimum Gasteiger partial charge on any atom is -0.496 e. The third-order valence-corrected chi connectivity index (χ3v) is 3.61. The van der Waals surface area contributed by atoms with E-state index in [0.717, 1.165) is 42.2 Å². The van der Waals surface area contributed by atoms with Crippen molar-refractivity contribution in [3.8, 4) is 17.2 Å². The molecule has 2 rings (SSSR count). The van der Waals surface area contributed by atoms with Crippen LogP contribution < -0.4 is 19.5 Å². The Bertz CT molecular complexity index is 402. The molecule has 0 saturated heterocycles. The van der Waals surface area contributed by atoms with E-state index in [0.29, 0.717) is 0 Å². The Morgan fingerprint density at radius 3 is 1.94 bits per heavy atom. The number of ether oxygens (including phenoxy) is 3. The highest BCUT2D eigenvalue weighted by Gasteiger charge is 2.47. The largest absolute Gasteiger partial charge is 0.496 e. The Balaban J connectivity index is 2.50. The summed E-state index contributed by atoms with van der Waals surface area (Å²) in [6.07, 6.45) is 2.32. The molecule has 1 fully saturated rings. The Labute approximate surface area is 108 Å². The number of benzene rings is 1. The van der Waals surface area contributed by atoms with Gasteiger partial charge in [-0.3, -0.25) is 0 Å². The van der Waals surface area contributed by atoms with Crippen LogP contribution in [0.4, 0.5) is 0 Å². The van der Waals surface area contributed by atoms with Gasteiger partial charge in [0.15, 0.2) is 0 Å². The lowest BCUT2D eigenvalue weighted by molar-refractivity contribution is 0.361. The van der Waals surface area contributed by atoms with E-state index in [-0.39, 0.29) is 5.41 Å². The lowest BCUT2D eigenvalue weighted by Crippen LogP contribution is -2.24. The lowest BCUT2D eigenvalue weighted by atomic mass is 9.93. The van der Waals surface area contributed by atoms with Crippen molar-refractivity contribution in [2.24, 2.45) is 0 Å². The van der Waals surface area contributed by atoms with E-state index in [1.54, 1.807) is 21.3 Å². The van der Waals surface area contributed by atoms with Gasteiger partial charge in [0.2, 0.25) is 0 Å². The van der Waals surface area contributed by atoms with Gasteiger partial charge in [-0.25, -0.2) is 0 Å². The van der Waals surface area contributed by atoms with E-state index in [1.165, 1.54) is 0 Å². The van der Waals surface area contributed by atoms with Crippen LogP contribution in [0.5, 0.6) is 17.2 Å². The predicted molar refractivity (Wildman–Crippen MR) is 70.9 cm³/mol. The summed E-state index contributed by atoms with van der Waals surface area (Å²) in [6, 6.07) is 3.85. The van der Waals surface area contributed by atoms with Gasteiger partial charge in [0, 0.05) is 29.7 Å². The van der Waals surface area contributed by atoms with Gasteiger partial charge in [-0.2, -0.15) is 0 Å². The second-order valence-electron chi connectivity index (χ2n) is 4.72. The van der Waals surface area contributed by atoms with E-state index in [1.807, 2.05) is 19.2 Å².